The lowest BCUT2D eigenvalue weighted by atomic mass is 10.1. The number of anilines is 1. The zero-order valence-corrected chi connectivity index (χ0v) is 20.9. The van der Waals surface area contributed by atoms with Crippen LogP contribution in [0.1, 0.15) is 17.7 Å². The maximum Gasteiger partial charge on any atom is 0.270 e. The molecule has 3 heterocycles. The summed E-state index contributed by atoms with van der Waals surface area (Å²) in [4.78, 5) is 40.7. The Morgan fingerprint density at radius 1 is 1.11 bits per heavy atom. The van der Waals surface area contributed by atoms with Crippen molar-refractivity contribution < 1.29 is 9.72 Å². The Morgan fingerprint density at radius 3 is 2.65 bits per heavy atom. The second kappa shape index (κ2) is 9.78. The van der Waals surface area contributed by atoms with E-state index in [0.717, 1.165) is 22.3 Å². The zero-order valence-electron chi connectivity index (χ0n) is 20.0. The molecule has 1 amide bonds. The fraction of sp³-hybridized carbons (Fsp3) is 0.154. The summed E-state index contributed by atoms with van der Waals surface area (Å²) in [6, 6.07) is 17.3. The molecule has 0 atom stereocenters. The van der Waals surface area contributed by atoms with Crippen LogP contribution in [0, 0.1) is 24.0 Å². The number of para-hydroxylation sites is 1. The van der Waals surface area contributed by atoms with Crippen LogP contribution in [0.5, 0.6) is 0 Å². The number of rotatable bonds is 7. The van der Waals surface area contributed by atoms with E-state index in [4.69, 9.17) is 0 Å². The summed E-state index contributed by atoms with van der Waals surface area (Å²) in [6.07, 6.45) is 0.0445. The van der Waals surface area contributed by atoms with E-state index in [9.17, 15) is 19.7 Å². The van der Waals surface area contributed by atoms with Gasteiger partial charge in [-0.15, -0.1) is 11.3 Å². The first kappa shape index (κ1) is 24.1. The highest BCUT2D eigenvalue weighted by molar-refractivity contribution is 7.14. The second-order valence-electron chi connectivity index (χ2n) is 8.49. The number of fused-ring (bicyclic) bond motifs is 1. The van der Waals surface area contributed by atoms with E-state index in [1.165, 1.54) is 23.5 Å². The van der Waals surface area contributed by atoms with E-state index in [1.54, 1.807) is 32.8 Å². The number of hydrogen-bond donors (Lipinski definition) is 1. The van der Waals surface area contributed by atoms with Crippen LogP contribution in [0.25, 0.3) is 28.0 Å². The van der Waals surface area contributed by atoms with Crippen molar-refractivity contribution in [1.82, 2.24) is 19.3 Å². The largest absolute Gasteiger partial charge is 0.302 e. The zero-order chi connectivity index (χ0) is 26.1. The molecule has 1 N–H and O–H groups in total. The van der Waals surface area contributed by atoms with Crippen molar-refractivity contribution >= 4 is 39.1 Å². The van der Waals surface area contributed by atoms with Gasteiger partial charge in [0.25, 0.3) is 11.2 Å². The molecule has 11 heteroatoms. The van der Waals surface area contributed by atoms with Gasteiger partial charge in [-0.3, -0.25) is 24.3 Å². The van der Waals surface area contributed by atoms with Crippen molar-refractivity contribution in [2.75, 3.05) is 5.32 Å². The SMILES string of the molecule is Cc1cc(=O)n(CCC(=O)Nc2nc(-c3cccc([N+](=O)[O-])c3)cs2)c2c1c(C)nn2-c1ccccc1. The monoisotopic (exact) mass is 514 g/mol. The first-order chi connectivity index (χ1) is 17.8. The molecule has 0 fully saturated rings. The molecule has 186 valence electrons. The van der Waals surface area contributed by atoms with Crippen LogP contribution in [-0.2, 0) is 11.3 Å². The highest BCUT2D eigenvalue weighted by atomic mass is 32.1. The minimum Gasteiger partial charge on any atom is -0.302 e. The van der Waals surface area contributed by atoms with Gasteiger partial charge in [0.05, 0.1) is 22.0 Å². The molecule has 10 nitrogen and oxygen atoms in total. The Bertz CT molecular complexity index is 1700. The standard InChI is InChI=1S/C26H22N6O4S/c1-16-13-23(34)30(25-24(16)17(2)29-31(25)19-8-4-3-5-9-19)12-11-22(33)28-26-27-21(15-37-26)18-7-6-10-20(14-18)32(35)36/h3-10,13-15H,11-12H2,1-2H3,(H,27,28,33). The molecule has 0 saturated heterocycles. The maximum atomic E-state index is 13.0. The molecular formula is C26H22N6O4S. The highest BCUT2D eigenvalue weighted by Gasteiger charge is 2.18. The fourth-order valence-corrected chi connectivity index (χ4v) is 5.00. The molecule has 0 spiro atoms. The number of carbonyl (C=O) groups is 1. The Labute approximate surface area is 215 Å². The van der Waals surface area contributed by atoms with Crippen LogP contribution < -0.4 is 10.9 Å². The molecule has 5 rings (SSSR count). The number of aromatic nitrogens is 4. The van der Waals surface area contributed by atoms with E-state index in [0.29, 0.717) is 22.0 Å². The summed E-state index contributed by atoms with van der Waals surface area (Å²) >= 11 is 1.22. The number of pyridine rings is 1. The first-order valence-electron chi connectivity index (χ1n) is 11.5. The van der Waals surface area contributed by atoms with E-state index in [-0.39, 0.29) is 30.1 Å². The highest BCUT2D eigenvalue weighted by Crippen LogP contribution is 2.28. The van der Waals surface area contributed by atoms with Crippen LogP contribution in [0.4, 0.5) is 10.8 Å². The summed E-state index contributed by atoms with van der Waals surface area (Å²) in [6.45, 7) is 3.94. The number of amides is 1. The maximum absolute atomic E-state index is 13.0. The van der Waals surface area contributed by atoms with Gasteiger partial charge in [-0.05, 0) is 31.5 Å². The molecule has 0 radical (unpaired) electrons. The van der Waals surface area contributed by atoms with Gasteiger partial charge in [0.1, 0.15) is 5.65 Å². The fourth-order valence-electron chi connectivity index (χ4n) is 4.27. The van der Waals surface area contributed by atoms with E-state index in [1.807, 2.05) is 44.2 Å². The smallest absolute Gasteiger partial charge is 0.270 e. The van der Waals surface area contributed by atoms with Crippen LogP contribution in [-0.4, -0.2) is 30.2 Å². The molecular weight excluding hydrogens is 492 g/mol. The number of thiazole rings is 1. The van der Waals surface area contributed by atoms with Gasteiger partial charge in [0.15, 0.2) is 5.13 Å². The van der Waals surface area contributed by atoms with Crippen molar-refractivity contribution in [3.05, 3.63) is 97.8 Å². The number of aryl methyl sites for hydroxylation is 3. The number of hydrogen-bond acceptors (Lipinski definition) is 7. The lowest BCUT2D eigenvalue weighted by Crippen LogP contribution is -2.25. The number of nitrogens with zero attached hydrogens (tertiary/aromatic N) is 5. The third kappa shape index (κ3) is 4.76. The normalized spacial score (nSPS) is 11.1. The van der Waals surface area contributed by atoms with E-state index < -0.39 is 4.92 Å². The average Bonchev–Trinajstić information content (AvgIpc) is 3.49. The number of nitro benzene ring substituents is 1. The van der Waals surface area contributed by atoms with Gasteiger partial charge in [-0.2, -0.15) is 5.10 Å². The number of nitrogens with one attached hydrogen (secondary N) is 1. The minimum absolute atomic E-state index is 0.0316. The quantitative estimate of drug-likeness (QED) is 0.244. The Balaban J connectivity index is 1.38. The van der Waals surface area contributed by atoms with Gasteiger partial charge in [-0.25, -0.2) is 9.67 Å². The molecule has 37 heavy (non-hydrogen) atoms. The Morgan fingerprint density at radius 2 is 1.89 bits per heavy atom. The molecule has 0 aliphatic rings. The third-order valence-corrected chi connectivity index (χ3v) is 6.72. The van der Waals surface area contributed by atoms with Crippen molar-refractivity contribution in [1.29, 1.82) is 0 Å². The first-order valence-corrected chi connectivity index (χ1v) is 12.3. The van der Waals surface area contributed by atoms with Crippen molar-refractivity contribution in [2.24, 2.45) is 0 Å². The number of benzene rings is 2. The van der Waals surface area contributed by atoms with E-state index >= 15 is 0 Å². The van der Waals surface area contributed by atoms with Gasteiger partial charge < -0.3 is 5.32 Å². The molecule has 2 aromatic carbocycles. The summed E-state index contributed by atoms with van der Waals surface area (Å²) in [7, 11) is 0. The van der Waals surface area contributed by atoms with Crippen molar-refractivity contribution in [2.45, 2.75) is 26.8 Å². The average molecular weight is 515 g/mol. The molecule has 0 aliphatic heterocycles. The van der Waals surface area contributed by atoms with Crippen LogP contribution in [0.2, 0.25) is 0 Å². The van der Waals surface area contributed by atoms with Crippen molar-refractivity contribution in [3.63, 3.8) is 0 Å². The summed E-state index contributed by atoms with van der Waals surface area (Å²) in [5.74, 6) is -0.303. The Hall–Kier alpha value is -4.64. The predicted molar refractivity (Wildman–Crippen MR) is 142 cm³/mol. The molecule has 0 bridgehead atoms. The number of carbonyl (C=O) groups excluding carboxylic acids is 1. The van der Waals surface area contributed by atoms with Gasteiger partial charge in [0.2, 0.25) is 5.91 Å². The van der Waals surface area contributed by atoms with Crippen LogP contribution in [0.15, 0.2) is 70.8 Å². The lowest BCUT2D eigenvalue weighted by molar-refractivity contribution is -0.384. The van der Waals surface area contributed by atoms with Gasteiger partial charge in [0, 0.05) is 47.5 Å². The van der Waals surface area contributed by atoms with Crippen LogP contribution >= 0.6 is 11.3 Å². The summed E-state index contributed by atoms with van der Waals surface area (Å²) in [5, 5.41) is 21.5. The Kier molecular flexibility index (Phi) is 6.36. The number of nitro groups is 1. The van der Waals surface area contributed by atoms with Crippen LogP contribution in [0.3, 0.4) is 0 Å². The number of non-ortho nitro benzene ring substituents is 1. The third-order valence-electron chi connectivity index (χ3n) is 5.96. The van der Waals surface area contributed by atoms with Gasteiger partial charge >= 0.3 is 0 Å². The molecule has 3 aromatic heterocycles. The van der Waals surface area contributed by atoms with Crippen molar-refractivity contribution in [3.8, 4) is 16.9 Å². The molecule has 0 aliphatic carbocycles. The van der Waals surface area contributed by atoms with E-state index in [2.05, 4.69) is 15.4 Å². The minimum atomic E-state index is -0.465. The predicted octanol–water partition coefficient (Wildman–Crippen LogP) is 4.86. The topological polar surface area (TPSA) is 125 Å². The molecule has 0 saturated carbocycles. The summed E-state index contributed by atoms with van der Waals surface area (Å²) in [5.41, 5.74) is 3.96. The summed E-state index contributed by atoms with van der Waals surface area (Å²) < 4.78 is 3.31. The van der Waals surface area contributed by atoms with Gasteiger partial charge in [-0.1, -0.05) is 30.3 Å². The molecule has 5 aromatic rings. The lowest BCUT2D eigenvalue weighted by Gasteiger charge is -2.12. The second-order valence-corrected chi connectivity index (χ2v) is 9.35. The molecule has 0 unspecified atom stereocenters.